The number of hydrogen-bond donors (Lipinski definition) is 0. The van der Waals surface area contributed by atoms with Crippen LogP contribution in [0.4, 0.5) is 17.1 Å². The molecule has 0 aromatic heterocycles. The first-order chi connectivity index (χ1) is 12.9. The van der Waals surface area contributed by atoms with Gasteiger partial charge >= 0.3 is 0 Å². The molecule has 0 bridgehead atoms. The second-order valence-electron chi connectivity index (χ2n) is 6.77. The van der Waals surface area contributed by atoms with Crippen LogP contribution in [0.15, 0.2) is 54.6 Å². The van der Waals surface area contributed by atoms with E-state index in [4.69, 9.17) is 0 Å². The van der Waals surface area contributed by atoms with Crippen LogP contribution < -0.4 is 14.1 Å². The second kappa shape index (κ2) is 8.00. The first-order valence-corrected chi connectivity index (χ1v) is 10.9. The van der Waals surface area contributed by atoms with Crippen LogP contribution in [0.2, 0.25) is 0 Å². The van der Waals surface area contributed by atoms with Crippen LogP contribution in [-0.2, 0) is 14.8 Å². The Morgan fingerprint density at radius 3 is 2.11 bits per heavy atom. The number of rotatable bonds is 6. The zero-order valence-corrected chi connectivity index (χ0v) is 16.5. The molecule has 3 rings (SSSR count). The highest BCUT2D eigenvalue weighted by Gasteiger charge is 2.23. The van der Waals surface area contributed by atoms with Gasteiger partial charge in [-0.15, -0.1) is 0 Å². The first-order valence-electron chi connectivity index (χ1n) is 9.00. The minimum absolute atomic E-state index is 0.243. The summed E-state index contributed by atoms with van der Waals surface area (Å²) in [6.45, 7) is 1.80. The molecule has 0 saturated carbocycles. The number of benzene rings is 2. The molecule has 1 aliphatic heterocycles. The molecule has 2 aromatic carbocycles. The van der Waals surface area contributed by atoms with E-state index in [1.165, 1.54) is 17.7 Å². The fraction of sp³-hybridized carbons (Fsp3) is 0.350. The summed E-state index contributed by atoms with van der Waals surface area (Å²) >= 11 is 0. The zero-order valence-electron chi connectivity index (χ0n) is 15.7. The van der Waals surface area contributed by atoms with Crippen LogP contribution in [0.1, 0.15) is 12.8 Å². The van der Waals surface area contributed by atoms with Crippen molar-refractivity contribution in [2.45, 2.75) is 12.8 Å². The normalized spacial score (nSPS) is 14.2. The zero-order chi connectivity index (χ0) is 19.4. The highest BCUT2D eigenvalue weighted by Crippen LogP contribution is 2.25. The lowest BCUT2D eigenvalue weighted by atomic mass is 10.2. The van der Waals surface area contributed by atoms with Crippen molar-refractivity contribution in [1.82, 2.24) is 0 Å². The van der Waals surface area contributed by atoms with E-state index in [1.54, 1.807) is 19.2 Å². The Kier molecular flexibility index (Phi) is 5.70. The Morgan fingerprint density at radius 1 is 0.963 bits per heavy atom. The molecule has 0 aliphatic carbocycles. The Morgan fingerprint density at radius 2 is 1.56 bits per heavy atom. The van der Waals surface area contributed by atoms with Crippen LogP contribution in [0, 0.1) is 0 Å². The molecule has 6 nitrogen and oxygen atoms in total. The average Bonchev–Trinajstić information content (AvgIpc) is 3.20. The summed E-state index contributed by atoms with van der Waals surface area (Å²) in [7, 11) is -1.94. The van der Waals surface area contributed by atoms with Crippen molar-refractivity contribution >= 4 is 33.0 Å². The molecule has 0 radical (unpaired) electrons. The topological polar surface area (TPSA) is 60.9 Å². The summed E-state index contributed by atoms with van der Waals surface area (Å²) in [4.78, 5) is 16.4. The Bertz CT molecular complexity index is 876. The number of carbonyl (C=O) groups is 1. The molecular formula is C20H25N3O3S. The van der Waals surface area contributed by atoms with Crippen molar-refractivity contribution < 1.29 is 13.2 Å². The van der Waals surface area contributed by atoms with E-state index < -0.39 is 10.0 Å². The summed E-state index contributed by atoms with van der Waals surface area (Å²) in [5, 5.41) is 0. The van der Waals surface area contributed by atoms with Crippen LogP contribution in [0.3, 0.4) is 0 Å². The average molecular weight is 388 g/mol. The first kappa shape index (κ1) is 19.2. The molecule has 1 heterocycles. The van der Waals surface area contributed by atoms with Crippen LogP contribution in [0.25, 0.3) is 0 Å². The molecule has 144 valence electrons. The van der Waals surface area contributed by atoms with Gasteiger partial charge in [-0.05, 0) is 49.2 Å². The van der Waals surface area contributed by atoms with Crippen molar-refractivity contribution in [2.24, 2.45) is 0 Å². The summed E-state index contributed by atoms with van der Waals surface area (Å²) in [6, 6.07) is 16.5. The van der Waals surface area contributed by atoms with E-state index >= 15 is 0 Å². The minimum Gasteiger partial charge on any atom is -0.372 e. The van der Waals surface area contributed by atoms with Gasteiger partial charge in [0.05, 0.1) is 11.9 Å². The predicted octanol–water partition coefficient (Wildman–Crippen LogP) is 2.72. The van der Waals surface area contributed by atoms with Gasteiger partial charge in [0.2, 0.25) is 15.9 Å². The molecular weight excluding hydrogens is 362 g/mol. The number of amides is 1. The Hall–Kier alpha value is -2.54. The van der Waals surface area contributed by atoms with Gasteiger partial charge in [0.15, 0.2) is 0 Å². The maximum absolute atomic E-state index is 12.7. The van der Waals surface area contributed by atoms with Crippen molar-refractivity contribution in [3.8, 4) is 0 Å². The monoisotopic (exact) mass is 387 g/mol. The standard InChI is InChI=1S/C20H25N3O3S/c1-21(17-8-4-3-5-9-17)20(24)16-23(27(2,25)26)19-12-10-18(11-13-19)22-14-6-7-15-22/h3-5,8-13H,6-7,14-16H2,1-2H3. The van der Waals surface area contributed by atoms with E-state index in [0.717, 1.165) is 35.0 Å². The van der Waals surface area contributed by atoms with Gasteiger partial charge in [0.25, 0.3) is 0 Å². The van der Waals surface area contributed by atoms with Gasteiger partial charge < -0.3 is 9.80 Å². The molecule has 7 heteroatoms. The molecule has 1 aliphatic rings. The number of likely N-dealkylation sites (N-methyl/N-ethyl adjacent to an activating group) is 1. The molecule has 0 atom stereocenters. The molecule has 2 aromatic rings. The second-order valence-corrected chi connectivity index (χ2v) is 8.68. The maximum atomic E-state index is 12.7. The van der Waals surface area contributed by atoms with Gasteiger partial charge in [0.1, 0.15) is 6.54 Å². The van der Waals surface area contributed by atoms with E-state index in [9.17, 15) is 13.2 Å². The van der Waals surface area contributed by atoms with Gasteiger partial charge in [-0.2, -0.15) is 0 Å². The SMILES string of the molecule is CN(C(=O)CN(c1ccc(N2CCCC2)cc1)S(C)(=O)=O)c1ccccc1. The largest absolute Gasteiger partial charge is 0.372 e. The van der Waals surface area contributed by atoms with Crippen molar-refractivity contribution in [2.75, 3.05) is 47.0 Å². The third kappa shape index (κ3) is 4.60. The quantitative estimate of drug-likeness (QED) is 0.765. The third-order valence-corrected chi connectivity index (χ3v) is 5.95. The lowest BCUT2D eigenvalue weighted by molar-refractivity contribution is -0.116. The van der Waals surface area contributed by atoms with E-state index in [2.05, 4.69) is 4.90 Å². The van der Waals surface area contributed by atoms with Crippen LogP contribution in [0.5, 0.6) is 0 Å². The Labute approximate surface area is 161 Å². The maximum Gasteiger partial charge on any atom is 0.247 e. The Balaban J connectivity index is 1.79. The number of anilines is 3. The predicted molar refractivity (Wildman–Crippen MR) is 110 cm³/mol. The summed E-state index contributed by atoms with van der Waals surface area (Å²) in [5.41, 5.74) is 2.30. The van der Waals surface area contributed by atoms with Gasteiger partial charge in [0, 0.05) is 31.5 Å². The van der Waals surface area contributed by atoms with E-state index in [1.807, 2.05) is 42.5 Å². The lowest BCUT2D eigenvalue weighted by Crippen LogP contribution is -2.41. The number of nitrogens with zero attached hydrogens (tertiary/aromatic N) is 3. The van der Waals surface area contributed by atoms with Gasteiger partial charge in [-0.3, -0.25) is 9.10 Å². The summed E-state index contributed by atoms with van der Waals surface area (Å²) < 4.78 is 25.8. The number of sulfonamides is 1. The van der Waals surface area contributed by atoms with Crippen LogP contribution in [-0.4, -0.2) is 47.3 Å². The minimum atomic E-state index is -3.59. The lowest BCUT2D eigenvalue weighted by Gasteiger charge is -2.26. The van der Waals surface area contributed by atoms with Gasteiger partial charge in [-0.25, -0.2) is 8.42 Å². The number of carbonyl (C=O) groups excluding carboxylic acids is 1. The van der Waals surface area contributed by atoms with E-state index in [-0.39, 0.29) is 12.5 Å². The fourth-order valence-electron chi connectivity index (χ4n) is 3.23. The van der Waals surface area contributed by atoms with Crippen molar-refractivity contribution in [3.05, 3.63) is 54.6 Å². The van der Waals surface area contributed by atoms with Crippen molar-refractivity contribution in [1.29, 1.82) is 0 Å². The third-order valence-electron chi connectivity index (χ3n) is 4.81. The smallest absolute Gasteiger partial charge is 0.247 e. The van der Waals surface area contributed by atoms with Crippen LogP contribution >= 0.6 is 0 Å². The molecule has 0 spiro atoms. The summed E-state index contributed by atoms with van der Waals surface area (Å²) in [6.07, 6.45) is 3.48. The van der Waals surface area contributed by atoms with E-state index in [0.29, 0.717) is 5.69 Å². The van der Waals surface area contributed by atoms with Gasteiger partial charge in [-0.1, -0.05) is 18.2 Å². The fourth-order valence-corrected chi connectivity index (χ4v) is 4.08. The number of hydrogen-bond acceptors (Lipinski definition) is 4. The molecule has 0 unspecified atom stereocenters. The molecule has 1 amide bonds. The molecule has 27 heavy (non-hydrogen) atoms. The summed E-state index contributed by atoms with van der Waals surface area (Å²) in [5.74, 6) is -0.296. The molecule has 1 saturated heterocycles. The highest BCUT2D eigenvalue weighted by atomic mass is 32.2. The number of para-hydroxylation sites is 1. The van der Waals surface area contributed by atoms with Crippen molar-refractivity contribution in [3.63, 3.8) is 0 Å². The highest BCUT2D eigenvalue weighted by molar-refractivity contribution is 7.92. The molecule has 1 fully saturated rings. The molecule has 0 N–H and O–H groups in total.